The number of nitrogens with one attached hydrogen (secondary N) is 1. The van der Waals surface area contributed by atoms with Crippen molar-refractivity contribution < 1.29 is 19.5 Å². The lowest BCUT2D eigenvalue weighted by Gasteiger charge is -2.37. The van der Waals surface area contributed by atoms with Gasteiger partial charge in [0.05, 0.1) is 24.7 Å². The standard InChI is InChI=1S/C21H29N3O4.ClH/c1-27-18-7-6-16(14-19(18)28-17-4-2-3-5-17)21(15-22)9-12-24(13-10-21)11-8-20(25)23-26;/h6-7,14,17,26H,2-5,8-13H2,1H3,(H,23,25);1H. The Balaban J connectivity index is 0.00000300. The number of halogens is 1. The third-order valence-corrected chi connectivity index (χ3v) is 6.02. The van der Waals surface area contributed by atoms with Crippen LogP contribution in [0.1, 0.15) is 50.5 Å². The molecule has 2 aliphatic rings. The molecule has 29 heavy (non-hydrogen) atoms. The zero-order chi connectivity index (χ0) is 20.0. The minimum atomic E-state index is -0.560. The maximum absolute atomic E-state index is 11.2. The maximum Gasteiger partial charge on any atom is 0.244 e. The van der Waals surface area contributed by atoms with Crippen LogP contribution in [0.25, 0.3) is 0 Å². The first-order valence-corrected chi connectivity index (χ1v) is 10.0. The molecule has 1 saturated heterocycles. The summed E-state index contributed by atoms with van der Waals surface area (Å²) in [6, 6.07) is 8.40. The van der Waals surface area contributed by atoms with Crippen LogP contribution in [0, 0.1) is 11.3 Å². The fourth-order valence-corrected chi connectivity index (χ4v) is 4.19. The van der Waals surface area contributed by atoms with Gasteiger partial charge in [0.1, 0.15) is 0 Å². The fraction of sp³-hybridized carbons (Fsp3) is 0.619. The van der Waals surface area contributed by atoms with Gasteiger partial charge in [0.25, 0.3) is 0 Å². The maximum atomic E-state index is 11.2. The topological polar surface area (TPSA) is 94.8 Å². The van der Waals surface area contributed by atoms with Crippen LogP contribution in [0.4, 0.5) is 0 Å². The minimum Gasteiger partial charge on any atom is -0.493 e. The number of likely N-dealkylation sites (tertiary alicyclic amines) is 1. The van der Waals surface area contributed by atoms with Crippen LogP contribution in [-0.2, 0) is 10.2 Å². The molecular weight excluding hydrogens is 394 g/mol. The summed E-state index contributed by atoms with van der Waals surface area (Å²) in [5.41, 5.74) is 2.07. The Kier molecular flexibility index (Phi) is 8.57. The predicted molar refractivity (Wildman–Crippen MR) is 111 cm³/mol. The number of hydrogen-bond donors (Lipinski definition) is 2. The lowest BCUT2D eigenvalue weighted by Crippen LogP contribution is -2.43. The van der Waals surface area contributed by atoms with E-state index >= 15 is 0 Å². The second-order valence-corrected chi connectivity index (χ2v) is 7.71. The summed E-state index contributed by atoms with van der Waals surface area (Å²) < 4.78 is 11.7. The number of ether oxygens (including phenoxy) is 2. The van der Waals surface area contributed by atoms with Crippen molar-refractivity contribution in [2.45, 2.75) is 56.5 Å². The van der Waals surface area contributed by atoms with E-state index in [9.17, 15) is 10.1 Å². The van der Waals surface area contributed by atoms with Crippen LogP contribution in [0.3, 0.4) is 0 Å². The SMILES string of the molecule is COc1ccc(C2(C#N)CCN(CCC(=O)NO)CC2)cc1OC1CCCC1.Cl. The molecule has 1 aromatic carbocycles. The Morgan fingerprint density at radius 3 is 2.59 bits per heavy atom. The van der Waals surface area contributed by atoms with Crippen LogP contribution in [0.15, 0.2) is 18.2 Å². The third kappa shape index (κ3) is 5.53. The normalized spacial score (nSPS) is 19.1. The Morgan fingerprint density at radius 1 is 1.31 bits per heavy atom. The molecule has 7 nitrogen and oxygen atoms in total. The summed E-state index contributed by atoms with van der Waals surface area (Å²) in [6.45, 7) is 2.04. The fourth-order valence-electron chi connectivity index (χ4n) is 4.19. The molecule has 8 heteroatoms. The Hall–Kier alpha value is -2.01. The molecule has 0 bridgehead atoms. The van der Waals surface area contributed by atoms with E-state index < -0.39 is 5.41 Å². The minimum absolute atomic E-state index is 0. The highest BCUT2D eigenvalue weighted by atomic mass is 35.5. The first-order chi connectivity index (χ1) is 13.6. The molecule has 0 spiro atoms. The Morgan fingerprint density at radius 2 is 2.00 bits per heavy atom. The van der Waals surface area contributed by atoms with E-state index in [4.69, 9.17) is 14.7 Å². The van der Waals surface area contributed by atoms with Gasteiger partial charge in [0.15, 0.2) is 11.5 Å². The number of carbonyl (C=O) groups excluding carboxylic acids is 1. The van der Waals surface area contributed by atoms with Gasteiger partial charge in [-0.2, -0.15) is 5.26 Å². The molecule has 0 aromatic heterocycles. The molecule has 1 aliphatic carbocycles. The number of rotatable bonds is 7. The molecule has 1 aliphatic heterocycles. The van der Waals surface area contributed by atoms with E-state index in [2.05, 4.69) is 11.0 Å². The van der Waals surface area contributed by atoms with E-state index in [-0.39, 0.29) is 30.8 Å². The van der Waals surface area contributed by atoms with E-state index in [1.54, 1.807) is 12.6 Å². The molecule has 0 radical (unpaired) electrons. The lowest BCUT2D eigenvalue weighted by atomic mass is 9.74. The first kappa shape index (κ1) is 23.3. The van der Waals surface area contributed by atoms with Crippen molar-refractivity contribution >= 4 is 18.3 Å². The average Bonchev–Trinajstić information content (AvgIpc) is 3.25. The molecule has 2 N–H and O–H groups in total. The predicted octanol–water partition coefficient (Wildman–Crippen LogP) is 3.19. The van der Waals surface area contributed by atoms with E-state index in [0.29, 0.717) is 25.1 Å². The summed E-state index contributed by atoms with van der Waals surface area (Å²) in [7, 11) is 1.64. The van der Waals surface area contributed by atoms with Crippen LogP contribution >= 0.6 is 12.4 Å². The highest BCUT2D eigenvalue weighted by molar-refractivity contribution is 5.85. The molecule has 1 amide bonds. The van der Waals surface area contributed by atoms with Gasteiger partial charge in [-0.1, -0.05) is 6.07 Å². The van der Waals surface area contributed by atoms with Gasteiger partial charge in [-0.15, -0.1) is 12.4 Å². The smallest absolute Gasteiger partial charge is 0.244 e. The summed E-state index contributed by atoms with van der Waals surface area (Å²) in [5.74, 6) is 1.04. The second kappa shape index (κ2) is 10.7. The molecule has 3 rings (SSSR count). The van der Waals surface area contributed by atoms with Crippen molar-refractivity contribution in [3.8, 4) is 17.6 Å². The number of hydroxylamine groups is 1. The summed E-state index contributed by atoms with van der Waals surface area (Å²) in [5, 5.41) is 18.6. The molecular formula is C21H30ClN3O4. The third-order valence-electron chi connectivity index (χ3n) is 6.02. The molecule has 0 unspecified atom stereocenters. The van der Waals surface area contributed by atoms with E-state index in [1.165, 1.54) is 12.8 Å². The van der Waals surface area contributed by atoms with E-state index in [1.807, 2.05) is 18.2 Å². The van der Waals surface area contributed by atoms with Crippen LogP contribution in [0.2, 0.25) is 0 Å². The number of benzene rings is 1. The number of hydrogen-bond acceptors (Lipinski definition) is 6. The number of nitrogens with zero attached hydrogens (tertiary/aromatic N) is 2. The molecule has 1 aromatic rings. The molecule has 2 fully saturated rings. The van der Waals surface area contributed by atoms with Crippen molar-refractivity contribution in [2.24, 2.45) is 0 Å². The second-order valence-electron chi connectivity index (χ2n) is 7.71. The van der Waals surface area contributed by atoms with Gasteiger partial charge in [0, 0.05) is 13.0 Å². The number of nitriles is 1. The molecule has 1 saturated carbocycles. The first-order valence-electron chi connectivity index (χ1n) is 10.0. The lowest BCUT2D eigenvalue weighted by molar-refractivity contribution is -0.129. The average molecular weight is 424 g/mol. The molecule has 160 valence electrons. The largest absolute Gasteiger partial charge is 0.493 e. The van der Waals surface area contributed by atoms with Crippen LogP contribution in [0.5, 0.6) is 11.5 Å². The van der Waals surface area contributed by atoms with Crippen molar-refractivity contribution in [1.82, 2.24) is 10.4 Å². The van der Waals surface area contributed by atoms with Gasteiger partial charge in [-0.05, 0) is 69.3 Å². The highest BCUT2D eigenvalue weighted by Crippen LogP contribution is 2.40. The van der Waals surface area contributed by atoms with Crippen molar-refractivity contribution in [2.75, 3.05) is 26.7 Å². The van der Waals surface area contributed by atoms with Gasteiger partial charge in [-0.25, -0.2) is 5.48 Å². The molecule has 0 atom stereocenters. The van der Waals surface area contributed by atoms with E-state index in [0.717, 1.165) is 37.2 Å². The Labute approximate surface area is 178 Å². The number of carbonyl (C=O) groups is 1. The zero-order valence-electron chi connectivity index (χ0n) is 16.9. The summed E-state index contributed by atoms with van der Waals surface area (Å²) in [4.78, 5) is 13.4. The van der Waals surface area contributed by atoms with Crippen LogP contribution < -0.4 is 15.0 Å². The number of amides is 1. The monoisotopic (exact) mass is 423 g/mol. The van der Waals surface area contributed by atoms with Gasteiger partial charge in [-0.3, -0.25) is 10.0 Å². The Bertz CT molecular complexity index is 723. The molecule has 1 heterocycles. The van der Waals surface area contributed by atoms with Gasteiger partial charge < -0.3 is 14.4 Å². The van der Waals surface area contributed by atoms with Crippen molar-refractivity contribution in [3.63, 3.8) is 0 Å². The number of methoxy groups -OCH3 is 1. The van der Waals surface area contributed by atoms with Crippen molar-refractivity contribution in [3.05, 3.63) is 23.8 Å². The highest BCUT2D eigenvalue weighted by Gasteiger charge is 2.37. The summed E-state index contributed by atoms with van der Waals surface area (Å²) in [6.07, 6.45) is 6.37. The number of piperidine rings is 1. The quantitative estimate of drug-likeness (QED) is 0.516. The van der Waals surface area contributed by atoms with Crippen molar-refractivity contribution in [1.29, 1.82) is 5.26 Å². The zero-order valence-corrected chi connectivity index (χ0v) is 17.7. The van der Waals surface area contributed by atoms with Gasteiger partial charge in [0.2, 0.25) is 5.91 Å². The van der Waals surface area contributed by atoms with Gasteiger partial charge >= 0.3 is 0 Å². The summed E-state index contributed by atoms with van der Waals surface area (Å²) >= 11 is 0. The van der Waals surface area contributed by atoms with Crippen LogP contribution in [-0.4, -0.2) is 48.9 Å².